The first-order valence-electron chi connectivity index (χ1n) is 7.11. The zero-order valence-electron chi connectivity index (χ0n) is 12.8. The Morgan fingerprint density at radius 1 is 1.05 bits per heavy atom. The van der Waals surface area contributed by atoms with Crippen LogP contribution in [0.2, 0.25) is 0 Å². The topological polar surface area (TPSA) is 78.4 Å². The van der Waals surface area contributed by atoms with Crippen molar-refractivity contribution in [2.75, 3.05) is 31.2 Å². The van der Waals surface area contributed by atoms with Crippen LogP contribution in [0.5, 0.6) is 0 Å². The number of rotatable bonds is 10. The van der Waals surface area contributed by atoms with Crippen LogP contribution in [0.1, 0.15) is 40.0 Å². The van der Waals surface area contributed by atoms with E-state index in [0.717, 1.165) is 17.9 Å². The third kappa shape index (κ3) is 11.1. The standard InChI is InChI=1S/C14H28N2O3S/c1-14(2,3)13(19)16-7-4-6-12(18)15-8-11-20-10-5-9-17/h17H,4-11H2,1-3H3,(H,15,18)(H,16,19). The molecule has 0 saturated carbocycles. The Morgan fingerprint density at radius 2 is 1.75 bits per heavy atom. The lowest BCUT2D eigenvalue weighted by Gasteiger charge is -2.17. The summed E-state index contributed by atoms with van der Waals surface area (Å²) in [5.74, 6) is 1.83. The van der Waals surface area contributed by atoms with Crippen molar-refractivity contribution in [3.8, 4) is 0 Å². The predicted molar refractivity (Wildman–Crippen MR) is 83.7 cm³/mol. The van der Waals surface area contributed by atoms with Crippen molar-refractivity contribution >= 4 is 23.6 Å². The van der Waals surface area contributed by atoms with Gasteiger partial charge in [-0.1, -0.05) is 20.8 Å². The van der Waals surface area contributed by atoms with Crippen LogP contribution in [0.4, 0.5) is 0 Å². The highest BCUT2D eigenvalue weighted by molar-refractivity contribution is 7.99. The molecule has 0 spiro atoms. The Labute approximate surface area is 126 Å². The van der Waals surface area contributed by atoms with Gasteiger partial charge in [0.15, 0.2) is 0 Å². The molecule has 0 unspecified atom stereocenters. The summed E-state index contributed by atoms with van der Waals surface area (Å²) in [6.07, 6.45) is 1.89. The maximum Gasteiger partial charge on any atom is 0.225 e. The van der Waals surface area contributed by atoms with E-state index in [2.05, 4.69) is 10.6 Å². The molecule has 0 aromatic heterocycles. The minimum Gasteiger partial charge on any atom is -0.396 e. The third-order valence-electron chi connectivity index (χ3n) is 2.56. The third-order valence-corrected chi connectivity index (χ3v) is 3.63. The van der Waals surface area contributed by atoms with Crippen molar-refractivity contribution in [1.29, 1.82) is 0 Å². The van der Waals surface area contributed by atoms with Crippen molar-refractivity contribution < 1.29 is 14.7 Å². The number of hydrogen-bond donors (Lipinski definition) is 3. The highest BCUT2D eigenvalue weighted by atomic mass is 32.2. The van der Waals surface area contributed by atoms with E-state index in [0.29, 0.717) is 25.9 Å². The summed E-state index contributed by atoms with van der Waals surface area (Å²) < 4.78 is 0. The first-order chi connectivity index (χ1) is 9.38. The molecule has 0 fully saturated rings. The summed E-state index contributed by atoms with van der Waals surface area (Å²) in [7, 11) is 0. The number of carbonyl (C=O) groups is 2. The second-order valence-electron chi connectivity index (χ2n) is 5.65. The van der Waals surface area contributed by atoms with Crippen molar-refractivity contribution in [1.82, 2.24) is 10.6 Å². The average Bonchev–Trinajstić information content (AvgIpc) is 2.37. The van der Waals surface area contributed by atoms with Crippen LogP contribution >= 0.6 is 11.8 Å². The number of thioether (sulfide) groups is 1. The summed E-state index contributed by atoms with van der Waals surface area (Å²) in [6.45, 7) is 7.01. The summed E-state index contributed by atoms with van der Waals surface area (Å²) >= 11 is 1.72. The Balaban J connectivity index is 3.44. The van der Waals surface area contributed by atoms with Gasteiger partial charge in [0.25, 0.3) is 0 Å². The summed E-state index contributed by atoms with van der Waals surface area (Å²) in [5, 5.41) is 14.3. The molecule has 0 aliphatic carbocycles. The molecule has 0 aliphatic heterocycles. The number of nitrogens with one attached hydrogen (secondary N) is 2. The zero-order chi connectivity index (χ0) is 15.4. The van der Waals surface area contributed by atoms with Gasteiger partial charge in [-0.3, -0.25) is 9.59 Å². The van der Waals surface area contributed by atoms with E-state index in [4.69, 9.17) is 5.11 Å². The molecule has 2 amide bonds. The molecule has 0 saturated heterocycles. The van der Waals surface area contributed by atoms with E-state index in [9.17, 15) is 9.59 Å². The fourth-order valence-electron chi connectivity index (χ4n) is 1.34. The van der Waals surface area contributed by atoms with Crippen molar-refractivity contribution in [2.45, 2.75) is 40.0 Å². The Morgan fingerprint density at radius 3 is 2.35 bits per heavy atom. The smallest absolute Gasteiger partial charge is 0.225 e. The Hall–Kier alpha value is -0.750. The minimum atomic E-state index is -0.381. The molecule has 0 aliphatic rings. The number of carbonyl (C=O) groups excluding carboxylic acids is 2. The Kier molecular flexibility index (Phi) is 10.6. The Bertz CT molecular complexity index is 291. The van der Waals surface area contributed by atoms with Crippen LogP contribution in [0.15, 0.2) is 0 Å². The summed E-state index contributed by atoms with van der Waals surface area (Å²) in [4.78, 5) is 23.1. The highest BCUT2D eigenvalue weighted by Crippen LogP contribution is 2.12. The normalized spacial score (nSPS) is 11.2. The first-order valence-corrected chi connectivity index (χ1v) is 8.27. The van der Waals surface area contributed by atoms with Crippen molar-refractivity contribution in [3.63, 3.8) is 0 Å². The van der Waals surface area contributed by atoms with Crippen LogP contribution < -0.4 is 10.6 Å². The average molecular weight is 304 g/mol. The van der Waals surface area contributed by atoms with Gasteiger partial charge in [-0.25, -0.2) is 0 Å². The van der Waals surface area contributed by atoms with Gasteiger partial charge in [0.1, 0.15) is 0 Å². The van der Waals surface area contributed by atoms with E-state index in [1.165, 1.54) is 0 Å². The number of hydrogen-bond acceptors (Lipinski definition) is 4. The second-order valence-corrected chi connectivity index (χ2v) is 6.87. The van der Waals surface area contributed by atoms with E-state index >= 15 is 0 Å². The van der Waals surface area contributed by atoms with Crippen molar-refractivity contribution in [2.24, 2.45) is 5.41 Å². The zero-order valence-corrected chi connectivity index (χ0v) is 13.6. The maximum atomic E-state index is 11.6. The first kappa shape index (κ1) is 19.2. The quantitative estimate of drug-likeness (QED) is 0.529. The maximum absolute atomic E-state index is 11.6. The molecule has 6 heteroatoms. The number of aliphatic hydroxyl groups excluding tert-OH is 1. The molecule has 0 aromatic carbocycles. The highest BCUT2D eigenvalue weighted by Gasteiger charge is 2.20. The van der Waals surface area contributed by atoms with Gasteiger partial charge >= 0.3 is 0 Å². The van der Waals surface area contributed by atoms with Gasteiger partial charge in [-0.05, 0) is 18.6 Å². The number of amides is 2. The van der Waals surface area contributed by atoms with Gasteiger partial charge in [0.05, 0.1) is 0 Å². The van der Waals surface area contributed by atoms with Gasteiger partial charge < -0.3 is 15.7 Å². The lowest BCUT2D eigenvalue weighted by molar-refractivity contribution is -0.128. The molecule has 0 heterocycles. The molecule has 0 bridgehead atoms. The van der Waals surface area contributed by atoms with Gasteiger partial charge in [-0.2, -0.15) is 11.8 Å². The lowest BCUT2D eigenvalue weighted by Crippen LogP contribution is -2.35. The molecule has 0 radical (unpaired) electrons. The van der Waals surface area contributed by atoms with Gasteiger partial charge in [-0.15, -0.1) is 0 Å². The van der Waals surface area contributed by atoms with E-state index in [-0.39, 0.29) is 23.8 Å². The summed E-state index contributed by atoms with van der Waals surface area (Å²) in [6, 6.07) is 0. The predicted octanol–water partition coefficient (Wildman–Crippen LogP) is 1.16. The van der Waals surface area contributed by atoms with E-state index < -0.39 is 0 Å². The van der Waals surface area contributed by atoms with Gasteiger partial charge in [0.2, 0.25) is 11.8 Å². The van der Waals surface area contributed by atoms with Crippen LogP contribution in [0.25, 0.3) is 0 Å². The van der Waals surface area contributed by atoms with E-state index in [1.54, 1.807) is 11.8 Å². The van der Waals surface area contributed by atoms with Crippen LogP contribution in [-0.4, -0.2) is 48.1 Å². The number of aliphatic hydroxyl groups is 1. The van der Waals surface area contributed by atoms with Crippen LogP contribution in [0.3, 0.4) is 0 Å². The second kappa shape index (κ2) is 11.0. The molecule has 20 heavy (non-hydrogen) atoms. The lowest BCUT2D eigenvalue weighted by atomic mass is 9.96. The van der Waals surface area contributed by atoms with Crippen LogP contribution in [0, 0.1) is 5.41 Å². The minimum absolute atomic E-state index is 0.0122. The van der Waals surface area contributed by atoms with Crippen LogP contribution in [-0.2, 0) is 9.59 Å². The molecule has 5 nitrogen and oxygen atoms in total. The molecule has 3 N–H and O–H groups in total. The largest absolute Gasteiger partial charge is 0.396 e. The van der Waals surface area contributed by atoms with Crippen molar-refractivity contribution in [3.05, 3.63) is 0 Å². The summed E-state index contributed by atoms with van der Waals surface area (Å²) in [5.41, 5.74) is -0.381. The molecular weight excluding hydrogens is 276 g/mol. The molecular formula is C14H28N2O3S. The molecule has 0 atom stereocenters. The van der Waals surface area contributed by atoms with E-state index in [1.807, 2.05) is 20.8 Å². The molecule has 0 rings (SSSR count). The SMILES string of the molecule is CC(C)(C)C(=O)NCCCC(=O)NCCSCCCO. The molecule has 0 aromatic rings. The van der Waals surface area contributed by atoms with Gasteiger partial charge in [0, 0.05) is 37.3 Å². The monoisotopic (exact) mass is 304 g/mol. The fourth-order valence-corrected chi connectivity index (χ4v) is 2.12. The fraction of sp³-hybridized carbons (Fsp3) is 0.857. The molecule has 118 valence electrons.